The van der Waals surface area contributed by atoms with E-state index < -0.39 is 0 Å². The van der Waals surface area contributed by atoms with E-state index in [1.165, 1.54) is 0 Å². The highest BCUT2D eigenvalue weighted by atomic mass is 35.5. The Kier molecular flexibility index (Phi) is 5.59. The minimum Gasteiger partial charge on any atom is -0.434 e. The van der Waals surface area contributed by atoms with Crippen LogP contribution in [0.4, 0.5) is 11.4 Å². The maximum atomic E-state index is 12.1. The molecule has 1 saturated heterocycles. The number of benzene rings is 1. The lowest BCUT2D eigenvalue weighted by atomic mass is 9.84. The molecule has 1 fully saturated rings. The number of hydrogen-bond donors (Lipinski definition) is 1. The molecular weight excluding hydrogens is 401 g/mol. The smallest absolute Gasteiger partial charge is 0.287 e. The summed E-state index contributed by atoms with van der Waals surface area (Å²) in [6.45, 7) is 7.77. The molecule has 7 nitrogen and oxygen atoms in total. The van der Waals surface area contributed by atoms with Gasteiger partial charge >= 0.3 is 0 Å². The Labute approximate surface area is 173 Å². The van der Waals surface area contributed by atoms with Gasteiger partial charge in [-0.2, -0.15) is 0 Å². The van der Waals surface area contributed by atoms with Gasteiger partial charge in [0.15, 0.2) is 5.75 Å². The van der Waals surface area contributed by atoms with Gasteiger partial charge in [0.25, 0.3) is 5.56 Å². The van der Waals surface area contributed by atoms with Gasteiger partial charge in [-0.1, -0.05) is 37.0 Å². The van der Waals surface area contributed by atoms with Gasteiger partial charge in [0.05, 0.1) is 15.7 Å². The number of nitrogens with one attached hydrogen (secondary N) is 1. The second-order valence-corrected chi connectivity index (χ2v) is 8.65. The molecule has 2 heterocycles. The standard InChI is InChI=1S/C19H23Cl2N5O2/c1-11(25(4)5)22-12-6-13(20)17(14(21)7-12)28-16-8-15(18(27)24-23-16)26-9-19(2,3)10-26/h6-8H,9-10H2,1-5H3,(H,24,27). The third-order valence-electron chi connectivity index (χ3n) is 4.47. The van der Waals surface area contributed by atoms with Crippen molar-refractivity contribution >= 4 is 40.4 Å². The molecule has 1 aromatic heterocycles. The fourth-order valence-corrected chi connectivity index (χ4v) is 3.48. The predicted molar refractivity (Wildman–Crippen MR) is 114 cm³/mol. The van der Waals surface area contributed by atoms with Crippen molar-refractivity contribution in [3.8, 4) is 11.6 Å². The maximum absolute atomic E-state index is 12.1. The molecule has 0 atom stereocenters. The van der Waals surface area contributed by atoms with Crippen LogP contribution in [0.15, 0.2) is 28.0 Å². The number of nitrogens with zero attached hydrogens (tertiary/aromatic N) is 4. The number of halogens is 2. The number of anilines is 1. The highest BCUT2D eigenvalue weighted by Gasteiger charge is 2.35. The first-order chi connectivity index (χ1) is 13.1. The topological polar surface area (TPSA) is 73.8 Å². The Morgan fingerprint density at radius 3 is 2.39 bits per heavy atom. The van der Waals surface area contributed by atoms with Crippen molar-refractivity contribution in [2.45, 2.75) is 20.8 Å². The molecule has 0 spiro atoms. The van der Waals surface area contributed by atoms with Gasteiger partial charge in [0, 0.05) is 33.3 Å². The van der Waals surface area contributed by atoms with E-state index in [1.54, 1.807) is 18.2 Å². The molecule has 28 heavy (non-hydrogen) atoms. The molecular formula is C19H23Cl2N5O2. The van der Waals surface area contributed by atoms with Crippen LogP contribution in [0.5, 0.6) is 11.6 Å². The molecule has 0 bridgehead atoms. The van der Waals surface area contributed by atoms with Crippen molar-refractivity contribution < 1.29 is 4.74 Å². The molecule has 1 aromatic carbocycles. The summed E-state index contributed by atoms with van der Waals surface area (Å²) in [5.41, 5.74) is 1.06. The Bertz CT molecular complexity index is 954. The van der Waals surface area contributed by atoms with Gasteiger partial charge in [0.2, 0.25) is 5.88 Å². The molecule has 0 radical (unpaired) electrons. The number of amidine groups is 1. The molecule has 0 aliphatic carbocycles. The lowest BCUT2D eigenvalue weighted by molar-refractivity contribution is 0.275. The van der Waals surface area contributed by atoms with E-state index in [0.717, 1.165) is 18.9 Å². The zero-order valence-corrected chi connectivity index (χ0v) is 18.0. The van der Waals surface area contributed by atoms with Crippen LogP contribution in [0.2, 0.25) is 10.0 Å². The summed E-state index contributed by atoms with van der Waals surface area (Å²) >= 11 is 12.7. The van der Waals surface area contributed by atoms with Crippen molar-refractivity contribution in [3.05, 3.63) is 38.6 Å². The highest BCUT2D eigenvalue weighted by molar-refractivity contribution is 6.37. The fourth-order valence-electron chi connectivity index (χ4n) is 2.92. The normalized spacial score (nSPS) is 16.0. The summed E-state index contributed by atoms with van der Waals surface area (Å²) < 4.78 is 5.78. The lowest BCUT2D eigenvalue weighted by Gasteiger charge is -2.46. The van der Waals surface area contributed by atoms with Crippen LogP contribution < -0.4 is 15.2 Å². The summed E-state index contributed by atoms with van der Waals surface area (Å²) in [6, 6.07) is 4.93. The van der Waals surface area contributed by atoms with Crippen molar-refractivity contribution in [3.63, 3.8) is 0 Å². The van der Waals surface area contributed by atoms with Gasteiger partial charge in [-0.3, -0.25) is 4.79 Å². The molecule has 150 valence electrons. The maximum Gasteiger partial charge on any atom is 0.287 e. The molecule has 0 unspecified atom stereocenters. The van der Waals surface area contributed by atoms with Crippen LogP contribution in [0.25, 0.3) is 0 Å². The average Bonchev–Trinajstić information content (AvgIpc) is 2.57. The Morgan fingerprint density at radius 2 is 1.86 bits per heavy atom. The predicted octanol–water partition coefficient (Wildman–Crippen LogP) is 4.33. The zero-order chi connectivity index (χ0) is 20.6. The lowest BCUT2D eigenvalue weighted by Crippen LogP contribution is -2.54. The van der Waals surface area contributed by atoms with Crippen LogP contribution in [0.1, 0.15) is 20.8 Å². The van der Waals surface area contributed by atoms with Gasteiger partial charge in [-0.05, 0) is 24.5 Å². The molecule has 9 heteroatoms. The highest BCUT2D eigenvalue weighted by Crippen LogP contribution is 2.40. The SMILES string of the molecule is CC(=Nc1cc(Cl)c(Oc2cc(N3CC(C)(C)C3)c(=O)[nH]n2)c(Cl)c1)N(C)C. The van der Waals surface area contributed by atoms with Crippen LogP contribution in [-0.2, 0) is 0 Å². The van der Waals surface area contributed by atoms with Gasteiger partial charge < -0.3 is 14.5 Å². The molecule has 1 aliphatic heterocycles. The number of ether oxygens (including phenoxy) is 1. The molecule has 3 rings (SSSR count). The quantitative estimate of drug-likeness (QED) is 0.584. The second kappa shape index (κ2) is 7.64. The van der Waals surface area contributed by atoms with E-state index in [-0.39, 0.29) is 22.6 Å². The number of aromatic nitrogens is 2. The first-order valence-electron chi connectivity index (χ1n) is 8.80. The Hall–Kier alpha value is -2.25. The van der Waals surface area contributed by atoms with Crippen LogP contribution in [-0.4, -0.2) is 48.1 Å². The van der Waals surface area contributed by atoms with Crippen LogP contribution >= 0.6 is 23.2 Å². The van der Waals surface area contributed by atoms with E-state index >= 15 is 0 Å². The van der Waals surface area contributed by atoms with Gasteiger partial charge in [-0.15, -0.1) is 5.10 Å². The first-order valence-corrected chi connectivity index (χ1v) is 9.55. The first kappa shape index (κ1) is 20.5. The molecule has 1 N–H and O–H groups in total. The summed E-state index contributed by atoms with van der Waals surface area (Å²) in [7, 11) is 3.80. The van der Waals surface area contributed by atoms with E-state index in [4.69, 9.17) is 27.9 Å². The van der Waals surface area contributed by atoms with Crippen molar-refractivity contribution in [2.75, 3.05) is 32.1 Å². The Morgan fingerprint density at radius 1 is 1.25 bits per heavy atom. The molecule has 0 saturated carbocycles. The third-order valence-corrected chi connectivity index (χ3v) is 5.03. The number of rotatable bonds is 4. The minimum atomic E-state index is -0.260. The van der Waals surface area contributed by atoms with Crippen molar-refractivity contribution in [1.82, 2.24) is 15.1 Å². The number of hydrogen-bond acceptors (Lipinski definition) is 5. The monoisotopic (exact) mass is 423 g/mol. The summed E-state index contributed by atoms with van der Waals surface area (Å²) in [5, 5.41) is 7.02. The van der Waals surface area contributed by atoms with E-state index in [1.807, 2.05) is 30.8 Å². The number of aliphatic imine (C=N–C) groups is 1. The molecule has 2 aromatic rings. The van der Waals surface area contributed by atoms with Crippen molar-refractivity contribution in [1.29, 1.82) is 0 Å². The van der Waals surface area contributed by atoms with Crippen molar-refractivity contribution in [2.24, 2.45) is 10.4 Å². The number of H-pyrrole nitrogens is 1. The molecule has 0 amide bonds. The average molecular weight is 424 g/mol. The summed E-state index contributed by atoms with van der Waals surface area (Å²) in [5.74, 6) is 1.29. The minimum absolute atomic E-state index is 0.185. The zero-order valence-electron chi connectivity index (χ0n) is 16.5. The Balaban J connectivity index is 1.86. The van der Waals surface area contributed by atoms with E-state index in [2.05, 4.69) is 29.0 Å². The summed E-state index contributed by atoms with van der Waals surface area (Å²) in [6.07, 6.45) is 0. The van der Waals surface area contributed by atoms with Gasteiger partial charge in [0.1, 0.15) is 11.5 Å². The summed E-state index contributed by atoms with van der Waals surface area (Å²) in [4.78, 5) is 20.4. The van der Waals surface area contributed by atoms with Crippen LogP contribution in [0.3, 0.4) is 0 Å². The largest absolute Gasteiger partial charge is 0.434 e. The molecule has 1 aliphatic rings. The fraction of sp³-hybridized carbons (Fsp3) is 0.421. The van der Waals surface area contributed by atoms with Crippen LogP contribution in [0, 0.1) is 5.41 Å². The van der Waals surface area contributed by atoms with Gasteiger partial charge in [-0.25, -0.2) is 10.1 Å². The third kappa shape index (κ3) is 4.42. The van der Waals surface area contributed by atoms with E-state index in [0.29, 0.717) is 21.4 Å². The number of aromatic amines is 1. The van der Waals surface area contributed by atoms with E-state index in [9.17, 15) is 4.79 Å². The second-order valence-electron chi connectivity index (χ2n) is 7.83.